The highest BCUT2D eigenvalue weighted by Gasteiger charge is 2.14. The monoisotopic (exact) mass is 192 g/mol. The molecule has 0 radical (unpaired) electrons. The highest BCUT2D eigenvalue weighted by molar-refractivity contribution is 5.31. The molecule has 0 spiro atoms. The summed E-state index contributed by atoms with van der Waals surface area (Å²) in [6.45, 7) is 3.01. The van der Waals surface area contributed by atoms with Crippen molar-refractivity contribution in [1.29, 1.82) is 0 Å². The zero-order valence-electron chi connectivity index (χ0n) is 8.53. The Morgan fingerprint density at radius 3 is 2.93 bits per heavy atom. The number of nitrogens with zero attached hydrogens (tertiary/aromatic N) is 3. The van der Waals surface area contributed by atoms with E-state index in [2.05, 4.69) is 20.2 Å². The SMILES string of the molecule is CNCc1ccnc(N2CCCC2)n1. The van der Waals surface area contributed by atoms with E-state index in [9.17, 15) is 0 Å². The lowest BCUT2D eigenvalue weighted by Gasteiger charge is -2.15. The first kappa shape index (κ1) is 9.40. The minimum Gasteiger partial charge on any atom is -0.341 e. The van der Waals surface area contributed by atoms with Gasteiger partial charge >= 0.3 is 0 Å². The zero-order chi connectivity index (χ0) is 9.80. The van der Waals surface area contributed by atoms with Crippen LogP contribution in [0.5, 0.6) is 0 Å². The lowest BCUT2D eigenvalue weighted by atomic mass is 10.4. The Balaban J connectivity index is 2.12. The van der Waals surface area contributed by atoms with E-state index in [1.54, 1.807) is 0 Å². The quantitative estimate of drug-likeness (QED) is 0.769. The van der Waals surface area contributed by atoms with Crippen LogP contribution in [0.3, 0.4) is 0 Å². The van der Waals surface area contributed by atoms with Gasteiger partial charge in [-0.05, 0) is 26.0 Å². The Morgan fingerprint density at radius 1 is 1.43 bits per heavy atom. The molecule has 1 aliphatic rings. The van der Waals surface area contributed by atoms with Crippen LogP contribution in [0.25, 0.3) is 0 Å². The molecular formula is C10H16N4. The van der Waals surface area contributed by atoms with Crippen molar-refractivity contribution >= 4 is 5.95 Å². The molecule has 1 aromatic heterocycles. The van der Waals surface area contributed by atoms with Gasteiger partial charge < -0.3 is 10.2 Å². The van der Waals surface area contributed by atoms with E-state index in [0.29, 0.717) is 0 Å². The van der Waals surface area contributed by atoms with Crippen LogP contribution < -0.4 is 10.2 Å². The second kappa shape index (κ2) is 4.37. The first-order valence-corrected chi connectivity index (χ1v) is 5.11. The maximum absolute atomic E-state index is 4.50. The van der Waals surface area contributed by atoms with Crippen molar-refractivity contribution < 1.29 is 0 Å². The van der Waals surface area contributed by atoms with Crippen molar-refractivity contribution in [3.63, 3.8) is 0 Å². The number of hydrogen-bond donors (Lipinski definition) is 1. The molecular weight excluding hydrogens is 176 g/mol. The Hall–Kier alpha value is -1.16. The standard InChI is InChI=1S/C10H16N4/c1-11-8-9-4-5-12-10(13-9)14-6-2-3-7-14/h4-5,11H,2-3,6-8H2,1H3. The average Bonchev–Trinajstić information content (AvgIpc) is 2.71. The molecule has 1 saturated heterocycles. The van der Waals surface area contributed by atoms with E-state index in [-0.39, 0.29) is 0 Å². The minimum atomic E-state index is 0.809. The second-order valence-electron chi connectivity index (χ2n) is 3.57. The molecule has 4 nitrogen and oxygen atoms in total. The van der Waals surface area contributed by atoms with Crippen LogP contribution in [-0.2, 0) is 6.54 Å². The molecule has 0 atom stereocenters. The lowest BCUT2D eigenvalue weighted by molar-refractivity contribution is 0.776. The number of anilines is 1. The van der Waals surface area contributed by atoms with Gasteiger partial charge in [0.25, 0.3) is 0 Å². The van der Waals surface area contributed by atoms with Crippen LogP contribution in [-0.4, -0.2) is 30.1 Å². The van der Waals surface area contributed by atoms with Crippen molar-refractivity contribution in [3.05, 3.63) is 18.0 Å². The van der Waals surface area contributed by atoms with E-state index in [4.69, 9.17) is 0 Å². The smallest absolute Gasteiger partial charge is 0.225 e. The second-order valence-corrected chi connectivity index (χ2v) is 3.57. The van der Waals surface area contributed by atoms with E-state index in [1.807, 2.05) is 19.3 Å². The highest BCUT2D eigenvalue weighted by atomic mass is 15.3. The van der Waals surface area contributed by atoms with Crippen LogP contribution in [0, 0.1) is 0 Å². The van der Waals surface area contributed by atoms with Crippen LogP contribution in [0.15, 0.2) is 12.3 Å². The van der Waals surface area contributed by atoms with Gasteiger partial charge in [-0.15, -0.1) is 0 Å². The summed E-state index contributed by atoms with van der Waals surface area (Å²) in [5, 5.41) is 3.09. The Morgan fingerprint density at radius 2 is 2.21 bits per heavy atom. The number of rotatable bonds is 3. The van der Waals surface area contributed by atoms with Crippen molar-refractivity contribution in [2.45, 2.75) is 19.4 Å². The Kier molecular flexibility index (Phi) is 2.93. The summed E-state index contributed by atoms with van der Waals surface area (Å²) in [5.41, 5.74) is 1.06. The van der Waals surface area contributed by atoms with Gasteiger partial charge in [-0.2, -0.15) is 0 Å². The van der Waals surface area contributed by atoms with Crippen LogP contribution in [0.2, 0.25) is 0 Å². The first-order valence-electron chi connectivity index (χ1n) is 5.11. The van der Waals surface area contributed by atoms with Crippen molar-refractivity contribution in [2.24, 2.45) is 0 Å². The van der Waals surface area contributed by atoms with E-state index in [0.717, 1.165) is 31.3 Å². The summed E-state index contributed by atoms with van der Waals surface area (Å²) in [6, 6.07) is 1.95. The van der Waals surface area contributed by atoms with Crippen LogP contribution >= 0.6 is 0 Å². The summed E-state index contributed by atoms with van der Waals surface area (Å²) in [6.07, 6.45) is 4.37. The van der Waals surface area contributed by atoms with Gasteiger partial charge in [0.1, 0.15) is 0 Å². The molecule has 0 bridgehead atoms. The van der Waals surface area contributed by atoms with Gasteiger partial charge in [0, 0.05) is 25.8 Å². The van der Waals surface area contributed by atoms with Crippen LogP contribution in [0.1, 0.15) is 18.5 Å². The fourth-order valence-corrected chi connectivity index (χ4v) is 1.73. The molecule has 0 aromatic carbocycles. The summed E-state index contributed by atoms with van der Waals surface area (Å²) in [4.78, 5) is 11.0. The third-order valence-corrected chi connectivity index (χ3v) is 2.45. The van der Waals surface area contributed by atoms with Gasteiger partial charge in [0.2, 0.25) is 5.95 Å². The molecule has 1 N–H and O–H groups in total. The fraction of sp³-hybridized carbons (Fsp3) is 0.600. The Labute approximate surface area is 84.4 Å². The molecule has 0 unspecified atom stereocenters. The summed E-state index contributed by atoms with van der Waals surface area (Å²) < 4.78 is 0. The highest BCUT2D eigenvalue weighted by Crippen LogP contribution is 2.14. The summed E-state index contributed by atoms with van der Waals surface area (Å²) >= 11 is 0. The maximum Gasteiger partial charge on any atom is 0.225 e. The molecule has 0 amide bonds. The van der Waals surface area contributed by atoms with E-state index >= 15 is 0 Å². The predicted molar refractivity (Wildman–Crippen MR) is 56.2 cm³/mol. The van der Waals surface area contributed by atoms with Crippen molar-refractivity contribution in [3.8, 4) is 0 Å². The molecule has 1 fully saturated rings. The van der Waals surface area contributed by atoms with Gasteiger partial charge in [-0.25, -0.2) is 9.97 Å². The largest absolute Gasteiger partial charge is 0.341 e. The molecule has 1 aromatic rings. The zero-order valence-corrected chi connectivity index (χ0v) is 8.53. The molecule has 0 aliphatic carbocycles. The molecule has 4 heteroatoms. The summed E-state index contributed by atoms with van der Waals surface area (Å²) in [7, 11) is 1.93. The molecule has 2 heterocycles. The molecule has 14 heavy (non-hydrogen) atoms. The number of hydrogen-bond acceptors (Lipinski definition) is 4. The molecule has 1 aliphatic heterocycles. The molecule has 2 rings (SSSR count). The predicted octanol–water partition coefficient (Wildman–Crippen LogP) is 0.796. The lowest BCUT2D eigenvalue weighted by Crippen LogP contribution is -2.21. The molecule has 76 valence electrons. The van der Waals surface area contributed by atoms with E-state index in [1.165, 1.54) is 12.8 Å². The maximum atomic E-state index is 4.50. The average molecular weight is 192 g/mol. The van der Waals surface area contributed by atoms with Gasteiger partial charge in [-0.1, -0.05) is 0 Å². The Bertz CT molecular complexity index is 294. The first-order chi connectivity index (χ1) is 6.90. The normalized spacial score (nSPS) is 16.2. The summed E-state index contributed by atoms with van der Waals surface area (Å²) in [5.74, 6) is 0.884. The van der Waals surface area contributed by atoms with E-state index < -0.39 is 0 Å². The third-order valence-electron chi connectivity index (χ3n) is 2.45. The number of nitrogens with one attached hydrogen (secondary N) is 1. The van der Waals surface area contributed by atoms with Crippen LogP contribution in [0.4, 0.5) is 5.95 Å². The van der Waals surface area contributed by atoms with Gasteiger partial charge in [0.05, 0.1) is 5.69 Å². The van der Waals surface area contributed by atoms with Gasteiger partial charge in [0.15, 0.2) is 0 Å². The number of aromatic nitrogens is 2. The fourth-order valence-electron chi connectivity index (χ4n) is 1.73. The van der Waals surface area contributed by atoms with Crippen molar-refractivity contribution in [1.82, 2.24) is 15.3 Å². The van der Waals surface area contributed by atoms with Crippen molar-refractivity contribution in [2.75, 3.05) is 25.0 Å². The minimum absolute atomic E-state index is 0.809. The molecule has 0 saturated carbocycles. The topological polar surface area (TPSA) is 41.1 Å². The van der Waals surface area contributed by atoms with Gasteiger partial charge in [-0.3, -0.25) is 0 Å². The third kappa shape index (κ3) is 2.01.